The van der Waals surface area contributed by atoms with Crippen LogP contribution in [0.15, 0.2) is 0 Å². The summed E-state index contributed by atoms with van der Waals surface area (Å²) < 4.78 is 2.07. The van der Waals surface area contributed by atoms with Crippen molar-refractivity contribution >= 4 is 22.9 Å². The Bertz CT molecular complexity index is 639. The molecule has 0 spiro atoms. The van der Waals surface area contributed by atoms with Gasteiger partial charge in [-0.3, -0.25) is 0 Å². The van der Waals surface area contributed by atoms with E-state index in [2.05, 4.69) is 39.0 Å². The van der Waals surface area contributed by atoms with E-state index in [4.69, 9.17) is 4.98 Å². The topological polar surface area (TPSA) is 67.7 Å². The molecule has 0 bridgehead atoms. The first-order valence-corrected chi connectivity index (χ1v) is 7.78. The van der Waals surface area contributed by atoms with Crippen LogP contribution in [0.25, 0.3) is 11.2 Å². The van der Waals surface area contributed by atoms with Gasteiger partial charge in [-0.2, -0.15) is 9.97 Å². The number of imidazole rings is 1. The lowest BCUT2D eigenvalue weighted by Crippen LogP contribution is -2.16. The molecular formula is C15H24N6. The Morgan fingerprint density at radius 1 is 1.14 bits per heavy atom. The van der Waals surface area contributed by atoms with E-state index in [0.29, 0.717) is 17.9 Å². The number of nitrogens with zero attached hydrogens (tertiary/aromatic N) is 4. The van der Waals surface area contributed by atoms with Crippen molar-refractivity contribution in [3.8, 4) is 0 Å². The molecule has 1 saturated carbocycles. The van der Waals surface area contributed by atoms with Crippen LogP contribution in [0.5, 0.6) is 0 Å². The summed E-state index contributed by atoms with van der Waals surface area (Å²) in [7, 11) is 3.87. The number of anilines is 2. The quantitative estimate of drug-likeness (QED) is 0.905. The number of aromatic nitrogens is 4. The fourth-order valence-corrected chi connectivity index (χ4v) is 3.07. The highest BCUT2D eigenvalue weighted by Crippen LogP contribution is 2.28. The third-order valence-electron chi connectivity index (χ3n) is 4.19. The van der Waals surface area contributed by atoms with E-state index in [1.54, 1.807) is 0 Å². The number of hydrogen-bond acceptors (Lipinski definition) is 5. The average molecular weight is 288 g/mol. The minimum atomic E-state index is 0.363. The maximum absolute atomic E-state index is 4.78. The molecule has 6 nitrogen and oxygen atoms in total. The van der Waals surface area contributed by atoms with E-state index < -0.39 is 0 Å². The highest BCUT2D eigenvalue weighted by atomic mass is 15.2. The Morgan fingerprint density at radius 3 is 2.48 bits per heavy atom. The van der Waals surface area contributed by atoms with E-state index in [-0.39, 0.29) is 0 Å². The Kier molecular flexibility index (Phi) is 3.69. The molecule has 0 amide bonds. The highest BCUT2D eigenvalue weighted by Gasteiger charge is 2.21. The summed E-state index contributed by atoms with van der Waals surface area (Å²) in [6, 6.07) is 0.511. The smallest absolute Gasteiger partial charge is 0.226 e. The van der Waals surface area contributed by atoms with E-state index in [9.17, 15) is 0 Å². The first kappa shape index (κ1) is 14.1. The van der Waals surface area contributed by atoms with Crippen molar-refractivity contribution in [2.24, 2.45) is 7.05 Å². The second-order valence-corrected chi connectivity index (χ2v) is 6.13. The van der Waals surface area contributed by atoms with Gasteiger partial charge in [0, 0.05) is 26.1 Å². The van der Waals surface area contributed by atoms with Crippen LogP contribution < -0.4 is 10.6 Å². The van der Waals surface area contributed by atoms with Crippen LogP contribution in [-0.2, 0) is 7.05 Å². The maximum atomic E-state index is 4.78. The molecule has 21 heavy (non-hydrogen) atoms. The van der Waals surface area contributed by atoms with Crippen molar-refractivity contribution in [1.82, 2.24) is 19.5 Å². The number of rotatable bonds is 4. The maximum Gasteiger partial charge on any atom is 0.226 e. The molecule has 0 atom stereocenters. The molecule has 114 valence electrons. The minimum Gasteiger partial charge on any atom is -0.365 e. The number of nitrogens with one attached hydrogen (secondary N) is 2. The van der Waals surface area contributed by atoms with Gasteiger partial charge in [-0.25, -0.2) is 4.98 Å². The minimum absolute atomic E-state index is 0.363. The molecule has 3 rings (SSSR count). The predicted molar refractivity (Wildman–Crippen MR) is 85.8 cm³/mol. The molecule has 2 N–H and O–H groups in total. The van der Waals surface area contributed by atoms with Crippen LogP contribution in [0.1, 0.15) is 51.3 Å². The Labute approximate surface area is 125 Å². The van der Waals surface area contributed by atoms with Crippen molar-refractivity contribution in [3.63, 3.8) is 0 Å². The van der Waals surface area contributed by atoms with Crippen molar-refractivity contribution in [2.75, 3.05) is 17.7 Å². The van der Waals surface area contributed by atoms with Gasteiger partial charge in [0.15, 0.2) is 17.0 Å². The third-order valence-corrected chi connectivity index (χ3v) is 4.19. The fourth-order valence-electron chi connectivity index (χ4n) is 3.07. The van der Waals surface area contributed by atoms with Gasteiger partial charge in [-0.15, -0.1) is 0 Å². The summed E-state index contributed by atoms with van der Waals surface area (Å²) in [6.45, 7) is 4.30. The molecule has 0 aromatic carbocycles. The second-order valence-electron chi connectivity index (χ2n) is 6.13. The summed E-state index contributed by atoms with van der Waals surface area (Å²) in [6.07, 6.45) is 5.02. The predicted octanol–water partition coefficient (Wildman–Crippen LogP) is 2.88. The Balaban J connectivity index is 2.09. The van der Waals surface area contributed by atoms with Gasteiger partial charge in [0.2, 0.25) is 5.95 Å². The largest absolute Gasteiger partial charge is 0.365 e. The summed E-state index contributed by atoms with van der Waals surface area (Å²) in [5, 5.41) is 6.62. The van der Waals surface area contributed by atoms with Gasteiger partial charge in [0.25, 0.3) is 0 Å². The van der Waals surface area contributed by atoms with Crippen LogP contribution in [0, 0.1) is 0 Å². The lowest BCUT2D eigenvalue weighted by atomic mass is 10.2. The highest BCUT2D eigenvalue weighted by molar-refractivity contribution is 5.85. The van der Waals surface area contributed by atoms with Crippen molar-refractivity contribution < 1.29 is 0 Å². The molecule has 2 aromatic rings. The van der Waals surface area contributed by atoms with Gasteiger partial charge < -0.3 is 15.2 Å². The van der Waals surface area contributed by atoms with Crippen molar-refractivity contribution in [1.29, 1.82) is 0 Å². The van der Waals surface area contributed by atoms with Gasteiger partial charge >= 0.3 is 0 Å². The molecule has 0 unspecified atom stereocenters. The third kappa shape index (κ3) is 2.54. The molecule has 2 heterocycles. The van der Waals surface area contributed by atoms with Crippen molar-refractivity contribution in [3.05, 3.63) is 5.82 Å². The first-order valence-electron chi connectivity index (χ1n) is 7.78. The molecule has 2 aromatic heterocycles. The molecule has 1 aliphatic carbocycles. The Hall–Kier alpha value is -1.85. The van der Waals surface area contributed by atoms with E-state index in [0.717, 1.165) is 22.8 Å². The van der Waals surface area contributed by atoms with E-state index in [1.165, 1.54) is 25.7 Å². The van der Waals surface area contributed by atoms with Gasteiger partial charge in [0.1, 0.15) is 5.82 Å². The fraction of sp³-hybridized carbons (Fsp3) is 0.667. The Morgan fingerprint density at radius 2 is 1.86 bits per heavy atom. The molecule has 0 radical (unpaired) electrons. The molecule has 6 heteroatoms. The number of fused-ring (bicyclic) bond motifs is 1. The summed E-state index contributed by atoms with van der Waals surface area (Å²) >= 11 is 0. The summed E-state index contributed by atoms with van der Waals surface area (Å²) in [5.41, 5.74) is 1.77. The zero-order valence-electron chi connectivity index (χ0n) is 13.3. The average Bonchev–Trinajstić information content (AvgIpc) is 3.07. The molecular weight excluding hydrogens is 264 g/mol. The van der Waals surface area contributed by atoms with E-state index in [1.807, 2.05) is 14.1 Å². The molecule has 0 saturated heterocycles. The summed E-state index contributed by atoms with van der Waals surface area (Å²) in [5.74, 6) is 2.91. The van der Waals surface area contributed by atoms with Crippen LogP contribution in [0.4, 0.5) is 11.8 Å². The molecule has 1 fully saturated rings. The standard InChI is InChI=1S/C15H24N6/c1-9(2)13-18-11-12(17-10-7-5-6-8-10)19-15(16-3)20-14(11)21(13)4/h9-10H,5-8H2,1-4H3,(H2,16,17,19,20). The lowest BCUT2D eigenvalue weighted by molar-refractivity contribution is 0.719. The van der Waals surface area contributed by atoms with Gasteiger partial charge in [0.05, 0.1) is 0 Å². The summed E-state index contributed by atoms with van der Waals surface area (Å²) in [4.78, 5) is 13.9. The number of hydrogen-bond donors (Lipinski definition) is 2. The van der Waals surface area contributed by atoms with Crippen LogP contribution in [0.2, 0.25) is 0 Å². The first-order chi connectivity index (χ1) is 10.1. The zero-order valence-corrected chi connectivity index (χ0v) is 13.3. The van der Waals surface area contributed by atoms with Crippen LogP contribution in [0.3, 0.4) is 0 Å². The van der Waals surface area contributed by atoms with Crippen LogP contribution in [-0.4, -0.2) is 32.6 Å². The number of aryl methyl sites for hydroxylation is 1. The van der Waals surface area contributed by atoms with Gasteiger partial charge in [-0.1, -0.05) is 26.7 Å². The van der Waals surface area contributed by atoms with Crippen LogP contribution >= 0.6 is 0 Å². The van der Waals surface area contributed by atoms with Gasteiger partial charge in [-0.05, 0) is 12.8 Å². The molecule has 1 aliphatic rings. The monoisotopic (exact) mass is 288 g/mol. The van der Waals surface area contributed by atoms with Crippen molar-refractivity contribution in [2.45, 2.75) is 51.5 Å². The second kappa shape index (κ2) is 5.50. The zero-order chi connectivity index (χ0) is 15.0. The lowest BCUT2D eigenvalue weighted by Gasteiger charge is -2.13. The normalized spacial score (nSPS) is 16.0. The SMILES string of the molecule is CNc1nc(NC2CCCC2)c2nc(C(C)C)n(C)c2n1. The molecule has 0 aliphatic heterocycles. The van der Waals surface area contributed by atoms with E-state index >= 15 is 0 Å².